The van der Waals surface area contributed by atoms with Gasteiger partial charge in [-0.25, -0.2) is 4.98 Å². The molecule has 27 heavy (non-hydrogen) atoms. The molecule has 0 fully saturated rings. The number of thiazole rings is 1. The number of aromatic amines is 1. The number of fused-ring (bicyclic) bond motifs is 1. The number of amides is 2. The van der Waals surface area contributed by atoms with Crippen molar-refractivity contribution in [2.75, 3.05) is 18.5 Å². The van der Waals surface area contributed by atoms with Crippen LogP contribution in [0.1, 0.15) is 23.1 Å². The molecular weight excluding hydrogens is 368 g/mol. The molecule has 0 aliphatic rings. The van der Waals surface area contributed by atoms with Gasteiger partial charge in [0.2, 0.25) is 5.91 Å². The summed E-state index contributed by atoms with van der Waals surface area (Å²) in [4.78, 5) is 42.7. The number of anilines is 1. The molecule has 3 rings (SSSR count). The summed E-state index contributed by atoms with van der Waals surface area (Å²) in [5, 5.41) is 8.11. The molecule has 0 saturated carbocycles. The smallest absolute Gasteiger partial charge is 0.311 e. The topological polar surface area (TPSA) is 113 Å². The van der Waals surface area contributed by atoms with E-state index in [1.807, 2.05) is 24.3 Å². The minimum Gasteiger partial charge on any atom is -0.466 e. The highest BCUT2D eigenvalue weighted by Gasteiger charge is 2.13. The van der Waals surface area contributed by atoms with Gasteiger partial charge in [-0.3, -0.25) is 14.4 Å². The van der Waals surface area contributed by atoms with Gasteiger partial charge in [0.05, 0.1) is 25.3 Å². The molecule has 140 valence electrons. The summed E-state index contributed by atoms with van der Waals surface area (Å²) < 4.78 is 4.85. The SMILES string of the molecule is CCOC(=O)Cc1csc(NC(=O)CNC(=O)c2cc3ccccc3[nH]2)n1. The highest BCUT2D eigenvalue weighted by atomic mass is 32.1. The number of ether oxygens (including phenoxy) is 1. The fourth-order valence-electron chi connectivity index (χ4n) is 2.42. The maximum atomic E-state index is 12.2. The maximum Gasteiger partial charge on any atom is 0.311 e. The maximum absolute atomic E-state index is 12.2. The first-order valence-electron chi connectivity index (χ1n) is 8.31. The molecule has 3 N–H and O–H groups in total. The molecule has 8 nitrogen and oxygen atoms in total. The number of nitrogens with one attached hydrogen (secondary N) is 3. The van der Waals surface area contributed by atoms with Gasteiger partial charge in [0, 0.05) is 16.3 Å². The van der Waals surface area contributed by atoms with Crippen molar-refractivity contribution in [3.8, 4) is 0 Å². The van der Waals surface area contributed by atoms with Gasteiger partial charge in [-0.05, 0) is 19.1 Å². The molecule has 1 aromatic carbocycles. The third kappa shape index (κ3) is 4.91. The second-order valence-corrected chi connectivity index (χ2v) is 6.49. The summed E-state index contributed by atoms with van der Waals surface area (Å²) in [6.45, 7) is 1.85. The summed E-state index contributed by atoms with van der Waals surface area (Å²) in [7, 11) is 0. The number of para-hydroxylation sites is 1. The van der Waals surface area contributed by atoms with E-state index in [-0.39, 0.29) is 24.8 Å². The number of benzene rings is 1. The summed E-state index contributed by atoms with van der Waals surface area (Å²) in [6.07, 6.45) is 0.0529. The number of hydrogen-bond acceptors (Lipinski definition) is 6. The molecule has 0 spiro atoms. The van der Waals surface area contributed by atoms with E-state index >= 15 is 0 Å². The lowest BCUT2D eigenvalue weighted by Crippen LogP contribution is -2.33. The van der Waals surface area contributed by atoms with E-state index in [2.05, 4.69) is 20.6 Å². The summed E-state index contributed by atoms with van der Waals surface area (Å²) in [6, 6.07) is 9.25. The van der Waals surface area contributed by atoms with Crippen LogP contribution in [0.5, 0.6) is 0 Å². The zero-order valence-corrected chi connectivity index (χ0v) is 15.4. The number of nitrogens with zero attached hydrogens (tertiary/aromatic N) is 1. The van der Waals surface area contributed by atoms with Crippen LogP contribution in [0.25, 0.3) is 10.9 Å². The van der Waals surface area contributed by atoms with Crippen molar-refractivity contribution in [3.05, 3.63) is 47.1 Å². The number of esters is 1. The van der Waals surface area contributed by atoms with Crippen LogP contribution in [-0.2, 0) is 20.7 Å². The van der Waals surface area contributed by atoms with Gasteiger partial charge in [-0.15, -0.1) is 11.3 Å². The Morgan fingerprint density at radius 1 is 1.26 bits per heavy atom. The average Bonchev–Trinajstić information content (AvgIpc) is 3.26. The molecule has 0 bridgehead atoms. The molecule has 0 saturated heterocycles. The number of hydrogen-bond donors (Lipinski definition) is 3. The fourth-order valence-corrected chi connectivity index (χ4v) is 3.15. The average molecular weight is 386 g/mol. The third-order valence-electron chi connectivity index (χ3n) is 3.61. The van der Waals surface area contributed by atoms with Crippen molar-refractivity contribution in [2.45, 2.75) is 13.3 Å². The van der Waals surface area contributed by atoms with Gasteiger partial charge >= 0.3 is 5.97 Å². The van der Waals surface area contributed by atoms with E-state index in [0.29, 0.717) is 23.1 Å². The van der Waals surface area contributed by atoms with Crippen molar-refractivity contribution in [1.29, 1.82) is 0 Å². The number of aromatic nitrogens is 2. The number of H-pyrrole nitrogens is 1. The third-order valence-corrected chi connectivity index (χ3v) is 4.42. The molecule has 3 aromatic rings. The van der Waals surface area contributed by atoms with Gasteiger partial charge in [-0.2, -0.15) is 0 Å². The van der Waals surface area contributed by atoms with Gasteiger partial charge in [0.25, 0.3) is 5.91 Å². The van der Waals surface area contributed by atoms with Crippen molar-refractivity contribution in [3.63, 3.8) is 0 Å². The van der Waals surface area contributed by atoms with Crippen molar-refractivity contribution in [2.24, 2.45) is 0 Å². The normalized spacial score (nSPS) is 10.6. The lowest BCUT2D eigenvalue weighted by atomic mass is 10.2. The van der Waals surface area contributed by atoms with Crippen LogP contribution in [0.4, 0.5) is 5.13 Å². The van der Waals surface area contributed by atoms with E-state index < -0.39 is 5.91 Å². The van der Waals surface area contributed by atoms with Gasteiger partial charge < -0.3 is 20.4 Å². The molecule has 0 radical (unpaired) electrons. The summed E-state index contributed by atoms with van der Waals surface area (Å²) in [5.41, 5.74) is 1.76. The van der Waals surface area contributed by atoms with E-state index in [1.165, 1.54) is 11.3 Å². The Bertz CT molecular complexity index is 946. The zero-order chi connectivity index (χ0) is 19.2. The van der Waals surface area contributed by atoms with Crippen LogP contribution in [0.3, 0.4) is 0 Å². The predicted molar refractivity (Wildman–Crippen MR) is 102 cm³/mol. The van der Waals surface area contributed by atoms with Crippen molar-refractivity contribution >= 4 is 45.2 Å². The van der Waals surface area contributed by atoms with Crippen LogP contribution in [-0.4, -0.2) is 40.9 Å². The van der Waals surface area contributed by atoms with E-state index in [4.69, 9.17) is 4.74 Å². The zero-order valence-electron chi connectivity index (χ0n) is 14.6. The number of rotatable bonds is 7. The molecule has 0 aliphatic carbocycles. The minimum absolute atomic E-state index is 0.0529. The highest BCUT2D eigenvalue weighted by Crippen LogP contribution is 2.16. The molecule has 2 aromatic heterocycles. The second kappa shape index (κ2) is 8.45. The highest BCUT2D eigenvalue weighted by molar-refractivity contribution is 7.13. The first-order valence-corrected chi connectivity index (χ1v) is 9.19. The van der Waals surface area contributed by atoms with Crippen LogP contribution in [0, 0.1) is 0 Å². The lowest BCUT2D eigenvalue weighted by Gasteiger charge is -2.03. The van der Waals surface area contributed by atoms with E-state index in [1.54, 1.807) is 18.4 Å². The lowest BCUT2D eigenvalue weighted by molar-refractivity contribution is -0.142. The Hall–Kier alpha value is -3.20. The van der Waals surface area contributed by atoms with Crippen LogP contribution < -0.4 is 10.6 Å². The van der Waals surface area contributed by atoms with Crippen LogP contribution in [0.2, 0.25) is 0 Å². The van der Waals surface area contributed by atoms with Crippen molar-refractivity contribution in [1.82, 2.24) is 15.3 Å². The standard InChI is InChI=1S/C18H18N4O4S/c1-2-26-16(24)8-12-10-27-18(20-12)22-15(23)9-19-17(25)14-7-11-5-3-4-6-13(11)21-14/h3-7,10,21H,2,8-9H2,1H3,(H,19,25)(H,20,22,23). The quantitative estimate of drug-likeness (QED) is 0.538. The van der Waals surface area contributed by atoms with Crippen molar-refractivity contribution < 1.29 is 19.1 Å². The number of carbonyl (C=O) groups is 3. The van der Waals surface area contributed by atoms with Gasteiger partial charge in [0.1, 0.15) is 5.69 Å². The summed E-state index contributed by atoms with van der Waals surface area (Å²) in [5.74, 6) is -1.15. The van der Waals surface area contributed by atoms with Crippen LogP contribution in [0.15, 0.2) is 35.7 Å². The number of carbonyl (C=O) groups excluding carboxylic acids is 3. The Morgan fingerprint density at radius 3 is 2.85 bits per heavy atom. The molecule has 0 atom stereocenters. The summed E-state index contributed by atoms with van der Waals surface area (Å²) >= 11 is 1.20. The Morgan fingerprint density at radius 2 is 2.07 bits per heavy atom. The molecule has 2 heterocycles. The largest absolute Gasteiger partial charge is 0.466 e. The Kier molecular flexibility index (Phi) is 5.82. The van der Waals surface area contributed by atoms with E-state index in [0.717, 1.165) is 10.9 Å². The first-order chi connectivity index (χ1) is 13.0. The van der Waals surface area contributed by atoms with E-state index in [9.17, 15) is 14.4 Å². The minimum atomic E-state index is -0.406. The van der Waals surface area contributed by atoms with Gasteiger partial charge in [0.15, 0.2) is 5.13 Å². The Labute approximate surface area is 158 Å². The van der Waals surface area contributed by atoms with Crippen LogP contribution >= 0.6 is 11.3 Å². The first kappa shape index (κ1) is 18.6. The monoisotopic (exact) mass is 386 g/mol. The molecule has 0 aliphatic heterocycles. The molecular formula is C18H18N4O4S. The molecule has 0 unspecified atom stereocenters. The molecule has 2 amide bonds. The molecule has 9 heteroatoms. The fraction of sp³-hybridized carbons (Fsp3) is 0.222. The predicted octanol–water partition coefficient (Wildman–Crippen LogP) is 2.10. The van der Waals surface area contributed by atoms with Gasteiger partial charge in [-0.1, -0.05) is 18.2 Å². The Balaban J connectivity index is 1.50. The second-order valence-electron chi connectivity index (χ2n) is 5.63.